The highest BCUT2D eigenvalue weighted by molar-refractivity contribution is 5.98. The van der Waals surface area contributed by atoms with Crippen LogP contribution in [0.3, 0.4) is 0 Å². The standard InChI is InChI=1S/C17H16N4O3/c18-16(22)15-9-12(21-24-15)10-19-17(23)14-8-4-7-13(20-14)11-5-2-1-3-6-11/h1-8,15H,9-10H2,(H2,18,22)(H,19,23). The summed E-state index contributed by atoms with van der Waals surface area (Å²) in [7, 11) is 0. The normalized spacial score (nSPS) is 16.2. The lowest BCUT2D eigenvalue weighted by Gasteiger charge is -2.06. The van der Waals surface area contributed by atoms with Crippen molar-refractivity contribution in [3.63, 3.8) is 0 Å². The van der Waals surface area contributed by atoms with Crippen LogP contribution < -0.4 is 11.1 Å². The molecule has 0 radical (unpaired) electrons. The quantitative estimate of drug-likeness (QED) is 0.859. The van der Waals surface area contributed by atoms with Crippen LogP contribution in [-0.4, -0.2) is 35.2 Å². The summed E-state index contributed by atoms with van der Waals surface area (Å²) < 4.78 is 0. The Morgan fingerprint density at radius 3 is 2.67 bits per heavy atom. The fraction of sp³-hybridized carbons (Fsp3) is 0.176. The summed E-state index contributed by atoms with van der Waals surface area (Å²) in [6.45, 7) is 0.180. The molecule has 1 aromatic heterocycles. The third-order valence-electron chi connectivity index (χ3n) is 3.55. The number of primary amides is 1. The molecule has 3 N–H and O–H groups in total. The zero-order valence-electron chi connectivity index (χ0n) is 12.8. The molecule has 0 aliphatic carbocycles. The topological polar surface area (TPSA) is 107 Å². The van der Waals surface area contributed by atoms with Gasteiger partial charge in [-0.2, -0.15) is 0 Å². The lowest BCUT2D eigenvalue weighted by atomic mass is 10.1. The minimum Gasteiger partial charge on any atom is -0.382 e. The molecule has 1 aliphatic heterocycles. The number of oxime groups is 1. The van der Waals surface area contributed by atoms with Crippen LogP contribution in [-0.2, 0) is 9.63 Å². The van der Waals surface area contributed by atoms with E-state index in [1.54, 1.807) is 12.1 Å². The van der Waals surface area contributed by atoms with Crippen molar-refractivity contribution in [2.75, 3.05) is 6.54 Å². The van der Waals surface area contributed by atoms with E-state index in [0.29, 0.717) is 11.4 Å². The molecule has 0 saturated carbocycles. The first-order valence-corrected chi connectivity index (χ1v) is 7.45. The summed E-state index contributed by atoms with van der Waals surface area (Å²) >= 11 is 0. The highest BCUT2D eigenvalue weighted by Gasteiger charge is 2.26. The van der Waals surface area contributed by atoms with Crippen LogP contribution in [0.25, 0.3) is 11.3 Å². The largest absolute Gasteiger partial charge is 0.382 e. The van der Waals surface area contributed by atoms with Crippen LogP contribution in [0.15, 0.2) is 53.7 Å². The molecule has 2 amide bonds. The molecule has 122 valence electrons. The SMILES string of the molecule is NC(=O)C1CC(CNC(=O)c2cccc(-c3ccccc3)n2)=NO1. The van der Waals surface area contributed by atoms with Gasteiger partial charge < -0.3 is 15.9 Å². The molecule has 0 bridgehead atoms. The van der Waals surface area contributed by atoms with Crippen LogP contribution in [0.5, 0.6) is 0 Å². The number of carbonyl (C=O) groups excluding carboxylic acids is 2. The van der Waals surface area contributed by atoms with Crippen molar-refractivity contribution >= 4 is 17.5 Å². The first-order valence-electron chi connectivity index (χ1n) is 7.45. The molecule has 1 atom stereocenters. The van der Waals surface area contributed by atoms with E-state index in [-0.39, 0.29) is 18.9 Å². The van der Waals surface area contributed by atoms with Gasteiger partial charge in [0, 0.05) is 12.0 Å². The molecule has 2 aromatic rings. The Hall–Kier alpha value is -3.22. The molecule has 1 unspecified atom stereocenters. The van der Waals surface area contributed by atoms with Crippen molar-refractivity contribution < 1.29 is 14.4 Å². The Morgan fingerprint density at radius 1 is 1.17 bits per heavy atom. The second-order valence-corrected chi connectivity index (χ2v) is 5.31. The smallest absolute Gasteiger partial charge is 0.270 e. The molecular weight excluding hydrogens is 308 g/mol. The number of nitrogens with one attached hydrogen (secondary N) is 1. The van der Waals surface area contributed by atoms with Crippen LogP contribution in [0, 0.1) is 0 Å². The Bertz CT molecular complexity index is 789. The van der Waals surface area contributed by atoms with Crippen LogP contribution in [0.4, 0.5) is 0 Å². The highest BCUT2D eigenvalue weighted by Crippen LogP contribution is 2.16. The number of carbonyl (C=O) groups is 2. The number of hydrogen-bond donors (Lipinski definition) is 2. The van der Waals surface area contributed by atoms with Gasteiger partial charge in [0.2, 0.25) is 6.10 Å². The molecular formula is C17H16N4O3. The maximum atomic E-state index is 12.2. The summed E-state index contributed by atoms with van der Waals surface area (Å²) in [6.07, 6.45) is -0.468. The Morgan fingerprint density at radius 2 is 1.96 bits per heavy atom. The average molecular weight is 324 g/mol. The number of aromatic nitrogens is 1. The number of nitrogens with zero attached hydrogens (tertiary/aromatic N) is 2. The average Bonchev–Trinajstić information content (AvgIpc) is 3.10. The van der Waals surface area contributed by atoms with E-state index in [1.807, 2.05) is 36.4 Å². The van der Waals surface area contributed by atoms with Crippen molar-refractivity contribution in [1.82, 2.24) is 10.3 Å². The van der Waals surface area contributed by atoms with Gasteiger partial charge in [-0.3, -0.25) is 9.59 Å². The number of pyridine rings is 1. The lowest BCUT2D eigenvalue weighted by molar-refractivity contribution is -0.127. The molecule has 0 fully saturated rings. The van der Waals surface area contributed by atoms with Gasteiger partial charge in [0.05, 0.1) is 18.0 Å². The maximum absolute atomic E-state index is 12.2. The number of nitrogens with two attached hydrogens (primary N) is 1. The fourth-order valence-electron chi connectivity index (χ4n) is 2.29. The third kappa shape index (κ3) is 3.57. The zero-order chi connectivity index (χ0) is 16.9. The molecule has 3 rings (SSSR count). The second kappa shape index (κ2) is 6.91. The van der Waals surface area contributed by atoms with Crippen molar-refractivity contribution in [3.05, 3.63) is 54.2 Å². The lowest BCUT2D eigenvalue weighted by Crippen LogP contribution is -2.32. The Labute approximate surface area is 138 Å². The van der Waals surface area contributed by atoms with Gasteiger partial charge in [0.25, 0.3) is 11.8 Å². The first-order chi connectivity index (χ1) is 11.6. The molecule has 1 aromatic carbocycles. The van der Waals surface area contributed by atoms with Crippen LogP contribution >= 0.6 is 0 Å². The first kappa shape index (κ1) is 15.7. The fourth-order valence-corrected chi connectivity index (χ4v) is 2.29. The summed E-state index contributed by atoms with van der Waals surface area (Å²) in [6, 6.07) is 14.9. The van der Waals surface area contributed by atoms with Gasteiger partial charge in [-0.1, -0.05) is 41.6 Å². The van der Waals surface area contributed by atoms with Crippen molar-refractivity contribution in [1.29, 1.82) is 0 Å². The van der Waals surface area contributed by atoms with E-state index in [4.69, 9.17) is 10.6 Å². The summed E-state index contributed by atoms with van der Waals surface area (Å²) in [5.41, 5.74) is 7.67. The van der Waals surface area contributed by atoms with Crippen LogP contribution in [0.2, 0.25) is 0 Å². The predicted molar refractivity (Wildman–Crippen MR) is 88.1 cm³/mol. The van der Waals surface area contributed by atoms with Crippen molar-refractivity contribution in [2.45, 2.75) is 12.5 Å². The molecule has 7 nitrogen and oxygen atoms in total. The van der Waals surface area contributed by atoms with E-state index in [2.05, 4.69) is 15.5 Å². The molecule has 24 heavy (non-hydrogen) atoms. The number of benzene rings is 1. The van der Waals surface area contributed by atoms with Gasteiger partial charge in [0.15, 0.2) is 0 Å². The minimum atomic E-state index is -0.753. The van der Waals surface area contributed by atoms with E-state index < -0.39 is 12.0 Å². The Kier molecular flexibility index (Phi) is 4.51. The van der Waals surface area contributed by atoms with Gasteiger partial charge in [-0.15, -0.1) is 0 Å². The Balaban J connectivity index is 1.63. The molecule has 7 heteroatoms. The third-order valence-corrected chi connectivity index (χ3v) is 3.55. The summed E-state index contributed by atoms with van der Waals surface area (Å²) in [5, 5.41) is 6.46. The maximum Gasteiger partial charge on any atom is 0.270 e. The molecule has 1 aliphatic rings. The molecule has 2 heterocycles. The monoisotopic (exact) mass is 324 g/mol. The van der Waals surface area contributed by atoms with Crippen molar-refractivity contribution in [2.24, 2.45) is 10.9 Å². The molecule has 0 saturated heterocycles. The van der Waals surface area contributed by atoms with Gasteiger partial charge in [-0.05, 0) is 12.1 Å². The van der Waals surface area contributed by atoms with Gasteiger partial charge >= 0.3 is 0 Å². The highest BCUT2D eigenvalue weighted by atomic mass is 16.6. The van der Waals surface area contributed by atoms with E-state index >= 15 is 0 Å². The number of amides is 2. The summed E-state index contributed by atoms with van der Waals surface area (Å²) in [4.78, 5) is 32.5. The molecule has 0 spiro atoms. The van der Waals surface area contributed by atoms with E-state index in [9.17, 15) is 9.59 Å². The summed E-state index contributed by atoms with van der Waals surface area (Å²) in [5.74, 6) is -0.893. The minimum absolute atomic E-state index is 0.180. The number of rotatable bonds is 5. The van der Waals surface area contributed by atoms with Gasteiger partial charge in [-0.25, -0.2) is 4.98 Å². The van der Waals surface area contributed by atoms with Gasteiger partial charge in [0.1, 0.15) is 5.69 Å². The number of hydrogen-bond acceptors (Lipinski definition) is 5. The van der Waals surface area contributed by atoms with Crippen molar-refractivity contribution in [3.8, 4) is 11.3 Å². The zero-order valence-corrected chi connectivity index (χ0v) is 12.8. The van der Waals surface area contributed by atoms with E-state index in [0.717, 1.165) is 11.3 Å². The van der Waals surface area contributed by atoms with E-state index in [1.165, 1.54) is 0 Å². The second-order valence-electron chi connectivity index (χ2n) is 5.31. The predicted octanol–water partition coefficient (Wildman–Crippen LogP) is 1.11. The van der Waals surface area contributed by atoms with Crippen LogP contribution in [0.1, 0.15) is 16.9 Å².